The Kier molecular flexibility index (Phi) is 5.21. The van der Waals surface area contributed by atoms with E-state index in [1.807, 2.05) is 0 Å². The van der Waals surface area contributed by atoms with Gasteiger partial charge in [-0.15, -0.1) is 0 Å². The molecule has 0 aromatic heterocycles. The van der Waals surface area contributed by atoms with Crippen LogP contribution in [0.2, 0.25) is 0 Å². The number of benzene rings is 1. The Balaban J connectivity index is 2.11. The molecule has 132 valence electrons. The predicted octanol–water partition coefficient (Wildman–Crippen LogP) is 0.467. The Morgan fingerprint density at radius 1 is 1.21 bits per heavy atom. The predicted molar refractivity (Wildman–Crippen MR) is 87.9 cm³/mol. The summed E-state index contributed by atoms with van der Waals surface area (Å²) in [7, 11) is -0.585. The molecule has 0 aliphatic carbocycles. The first-order chi connectivity index (χ1) is 11.1. The van der Waals surface area contributed by atoms with Gasteiger partial charge in [-0.25, -0.2) is 0 Å². The summed E-state index contributed by atoms with van der Waals surface area (Å²) in [6.07, 6.45) is 0. The van der Waals surface area contributed by atoms with Gasteiger partial charge >= 0.3 is 0 Å². The second kappa shape index (κ2) is 6.83. The molecule has 1 aromatic rings. The normalized spacial score (nSPS) is 16.4. The molecule has 1 amide bonds. The zero-order valence-corrected chi connectivity index (χ0v) is 14.6. The van der Waals surface area contributed by atoms with Crippen molar-refractivity contribution < 1.29 is 18.1 Å². The minimum absolute atomic E-state index is 0.102. The number of piperazine rings is 1. The van der Waals surface area contributed by atoms with Gasteiger partial charge in [0.25, 0.3) is 21.8 Å². The summed E-state index contributed by atoms with van der Waals surface area (Å²) in [5.41, 5.74) is 0.615. The smallest absolute Gasteiger partial charge is 0.281 e. The van der Waals surface area contributed by atoms with Crippen molar-refractivity contribution in [2.24, 2.45) is 0 Å². The number of amides is 1. The van der Waals surface area contributed by atoms with E-state index in [1.165, 1.54) is 35.4 Å². The van der Waals surface area contributed by atoms with Gasteiger partial charge in [-0.3, -0.25) is 14.9 Å². The molecule has 2 rings (SSSR count). The summed E-state index contributed by atoms with van der Waals surface area (Å²) in [5.74, 6) is -0.333. The number of nitrogens with zero attached hydrogens (tertiary/aromatic N) is 4. The fourth-order valence-electron chi connectivity index (χ4n) is 2.47. The molecule has 0 saturated carbocycles. The highest BCUT2D eigenvalue weighted by Gasteiger charge is 2.30. The lowest BCUT2D eigenvalue weighted by Gasteiger charge is -2.35. The van der Waals surface area contributed by atoms with Crippen molar-refractivity contribution >= 4 is 21.8 Å². The third kappa shape index (κ3) is 3.55. The molecule has 0 bridgehead atoms. The maximum atomic E-state index is 12.5. The minimum atomic E-state index is -3.50. The third-order valence-corrected chi connectivity index (χ3v) is 5.91. The molecular weight excluding hydrogens is 336 g/mol. The van der Waals surface area contributed by atoms with Crippen molar-refractivity contribution in [2.75, 3.05) is 40.3 Å². The molecule has 0 radical (unpaired) electrons. The summed E-state index contributed by atoms with van der Waals surface area (Å²) >= 11 is 0. The van der Waals surface area contributed by atoms with Crippen LogP contribution in [-0.2, 0) is 10.2 Å². The lowest BCUT2D eigenvalue weighted by atomic mass is 10.1. The zero-order valence-electron chi connectivity index (χ0n) is 13.8. The number of carbonyl (C=O) groups is 1. The number of hydrogen-bond donors (Lipinski definition) is 0. The Morgan fingerprint density at radius 2 is 1.79 bits per heavy atom. The Hall–Kier alpha value is -2.04. The SMILES string of the molecule is Cc1ccc(C(=O)N2CCN(S(=O)(=O)N(C)C)CC2)cc1[N+](=O)[O-]. The van der Waals surface area contributed by atoms with Crippen molar-refractivity contribution in [3.8, 4) is 0 Å². The molecule has 1 aromatic carbocycles. The van der Waals surface area contributed by atoms with Crippen molar-refractivity contribution in [1.82, 2.24) is 13.5 Å². The van der Waals surface area contributed by atoms with Crippen molar-refractivity contribution in [1.29, 1.82) is 0 Å². The monoisotopic (exact) mass is 356 g/mol. The van der Waals surface area contributed by atoms with Crippen LogP contribution in [0.15, 0.2) is 18.2 Å². The van der Waals surface area contributed by atoms with Crippen LogP contribution in [0, 0.1) is 17.0 Å². The summed E-state index contributed by atoms with van der Waals surface area (Å²) < 4.78 is 26.6. The van der Waals surface area contributed by atoms with Crippen LogP contribution in [0.1, 0.15) is 15.9 Å². The lowest BCUT2D eigenvalue weighted by Crippen LogP contribution is -2.53. The fraction of sp³-hybridized carbons (Fsp3) is 0.500. The minimum Gasteiger partial charge on any atom is -0.336 e. The van der Waals surface area contributed by atoms with E-state index >= 15 is 0 Å². The van der Waals surface area contributed by atoms with Gasteiger partial charge in [-0.1, -0.05) is 6.07 Å². The van der Waals surface area contributed by atoms with Crippen LogP contribution >= 0.6 is 0 Å². The summed E-state index contributed by atoms with van der Waals surface area (Å²) in [5, 5.41) is 11.0. The summed E-state index contributed by atoms with van der Waals surface area (Å²) in [6, 6.07) is 4.35. The van der Waals surface area contributed by atoms with Gasteiger partial charge in [0.05, 0.1) is 4.92 Å². The van der Waals surface area contributed by atoms with Crippen LogP contribution in [-0.4, -0.2) is 73.0 Å². The molecule has 0 N–H and O–H groups in total. The average Bonchev–Trinajstić information content (AvgIpc) is 2.54. The maximum absolute atomic E-state index is 12.5. The molecule has 24 heavy (non-hydrogen) atoms. The second-order valence-electron chi connectivity index (χ2n) is 5.74. The van der Waals surface area contributed by atoms with E-state index in [0.717, 1.165) is 4.31 Å². The van der Waals surface area contributed by atoms with Crippen LogP contribution < -0.4 is 0 Å². The Labute approximate surface area is 140 Å². The van der Waals surface area contributed by atoms with Crippen molar-refractivity contribution in [3.63, 3.8) is 0 Å². The van der Waals surface area contributed by atoms with Gasteiger partial charge in [0, 0.05) is 57.5 Å². The molecule has 9 nitrogen and oxygen atoms in total. The topological polar surface area (TPSA) is 104 Å². The van der Waals surface area contributed by atoms with Crippen LogP contribution in [0.4, 0.5) is 5.69 Å². The average molecular weight is 356 g/mol. The third-order valence-electron chi connectivity index (χ3n) is 3.97. The molecule has 0 spiro atoms. The molecule has 0 unspecified atom stereocenters. The number of carbonyl (C=O) groups excluding carboxylic acids is 1. The molecule has 1 saturated heterocycles. The van der Waals surface area contributed by atoms with Gasteiger partial charge < -0.3 is 4.90 Å². The fourth-order valence-corrected chi connectivity index (χ4v) is 3.56. The van der Waals surface area contributed by atoms with E-state index in [9.17, 15) is 23.3 Å². The van der Waals surface area contributed by atoms with E-state index in [-0.39, 0.29) is 43.3 Å². The molecule has 1 heterocycles. The van der Waals surface area contributed by atoms with E-state index in [2.05, 4.69) is 0 Å². The lowest BCUT2D eigenvalue weighted by molar-refractivity contribution is -0.385. The zero-order chi connectivity index (χ0) is 18.1. The van der Waals surface area contributed by atoms with Gasteiger partial charge in [0.2, 0.25) is 0 Å². The second-order valence-corrected chi connectivity index (χ2v) is 7.88. The summed E-state index contributed by atoms with van der Waals surface area (Å²) in [4.78, 5) is 24.5. The van der Waals surface area contributed by atoms with E-state index in [1.54, 1.807) is 13.0 Å². The van der Waals surface area contributed by atoms with E-state index in [0.29, 0.717) is 5.56 Å². The van der Waals surface area contributed by atoms with E-state index in [4.69, 9.17) is 0 Å². The van der Waals surface area contributed by atoms with Gasteiger partial charge in [-0.2, -0.15) is 17.0 Å². The molecule has 1 fully saturated rings. The van der Waals surface area contributed by atoms with Gasteiger partial charge in [-0.05, 0) is 13.0 Å². The number of aryl methyl sites for hydroxylation is 1. The highest BCUT2D eigenvalue weighted by molar-refractivity contribution is 7.86. The maximum Gasteiger partial charge on any atom is 0.281 e. The number of nitro groups is 1. The Bertz CT molecular complexity index is 754. The first-order valence-electron chi connectivity index (χ1n) is 7.36. The number of rotatable bonds is 4. The quantitative estimate of drug-likeness (QED) is 0.576. The first-order valence-corrected chi connectivity index (χ1v) is 8.76. The highest BCUT2D eigenvalue weighted by atomic mass is 32.2. The van der Waals surface area contributed by atoms with E-state index < -0.39 is 15.1 Å². The summed E-state index contributed by atoms with van der Waals surface area (Å²) in [6.45, 7) is 2.48. The molecule has 1 aliphatic rings. The Morgan fingerprint density at radius 3 is 2.29 bits per heavy atom. The highest BCUT2D eigenvalue weighted by Crippen LogP contribution is 2.21. The first kappa shape index (κ1) is 18.3. The van der Waals surface area contributed by atoms with Crippen molar-refractivity contribution in [3.05, 3.63) is 39.4 Å². The van der Waals surface area contributed by atoms with Crippen LogP contribution in [0.3, 0.4) is 0 Å². The standard InChI is InChI=1S/C14H20N4O5S/c1-11-4-5-12(10-13(11)18(20)21)14(19)16-6-8-17(9-7-16)24(22,23)15(2)3/h4-5,10H,6-9H2,1-3H3. The van der Waals surface area contributed by atoms with Gasteiger partial charge in [0.15, 0.2) is 0 Å². The molecule has 0 atom stereocenters. The molecule has 1 aliphatic heterocycles. The van der Waals surface area contributed by atoms with Crippen LogP contribution in [0.25, 0.3) is 0 Å². The number of hydrogen-bond acceptors (Lipinski definition) is 5. The number of nitro benzene ring substituents is 1. The molecule has 10 heteroatoms. The molecular formula is C14H20N4O5S. The van der Waals surface area contributed by atoms with Crippen molar-refractivity contribution in [2.45, 2.75) is 6.92 Å². The van der Waals surface area contributed by atoms with Gasteiger partial charge in [0.1, 0.15) is 0 Å². The van der Waals surface area contributed by atoms with Crippen LogP contribution in [0.5, 0.6) is 0 Å². The largest absolute Gasteiger partial charge is 0.336 e.